The van der Waals surface area contributed by atoms with E-state index >= 15 is 0 Å². The van der Waals surface area contributed by atoms with Crippen LogP contribution in [0.15, 0.2) is 24.3 Å². The fourth-order valence-corrected chi connectivity index (χ4v) is 3.70. The number of benzene rings is 1. The van der Waals surface area contributed by atoms with E-state index in [1.54, 1.807) is 24.3 Å². The lowest BCUT2D eigenvalue weighted by Crippen LogP contribution is -2.40. The first-order valence-corrected chi connectivity index (χ1v) is 9.07. The third kappa shape index (κ3) is 3.74. The Balaban J connectivity index is 1.42. The number of likely N-dealkylation sites (tertiary alicyclic amines) is 1. The Morgan fingerprint density at radius 2 is 1.88 bits per heavy atom. The van der Waals surface area contributed by atoms with Crippen molar-refractivity contribution in [1.29, 1.82) is 0 Å². The highest BCUT2D eigenvalue weighted by Crippen LogP contribution is 2.22. The molecule has 0 radical (unpaired) electrons. The monoisotopic (exact) mass is 343 g/mol. The van der Waals surface area contributed by atoms with Crippen molar-refractivity contribution in [3.05, 3.63) is 35.4 Å². The Bertz CT molecular complexity index is 639. The number of carbonyl (C=O) groups excluding carboxylic acids is 3. The highest BCUT2D eigenvalue weighted by Gasteiger charge is 2.34. The Morgan fingerprint density at radius 1 is 1.20 bits per heavy atom. The van der Waals surface area contributed by atoms with Crippen molar-refractivity contribution in [1.82, 2.24) is 15.1 Å². The van der Waals surface area contributed by atoms with E-state index in [0.29, 0.717) is 36.6 Å². The van der Waals surface area contributed by atoms with Crippen LogP contribution in [0.25, 0.3) is 0 Å². The summed E-state index contributed by atoms with van der Waals surface area (Å²) in [5, 5.41) is 2.98. The van der Waals surface area contributed by atoms with Crippen LogP contribution in [0.1, 0.15) is 53.3 Å². The molecule has 6 nitrogen and oxygen atoms in total. The fourth-order valence-electron chi connectivity index (χ4n) is 3.70. The molecule has 0 spiro atoms. The standard InChI is InChI=1S/C19H25N3O3/c1-2-21-11-5-7-14(21)13-20-17(23)10-6-12-22-18(24)15-8-3-4-9-16(15)19(22)25/h3-4,8-9,14H,2,5-7,10-13H2,1H3,(H,20,23)/t14-/m0/s1. The van der Waals surface area contributed by atoms with Crippen LogP contribution in [0.2, 0.25) is 0 Å². The third-order valence-corrected chi connectivity index (χ3v) is 5.10. The number of amides is 3. The van der Waals surface area contributed by atoms with Gasteiger partial charge in [0.15, 0.2) is 0 Å². The number of fused-ring (bicyclic) bond motifs is 1. The summed E-state index contributed by atoms with van der Waals surface area (Å²) in [5.74, 6) is -0.532. The van der Waals surface area contributed by atoms with Crippen molar-refractivity contribution in [2.75, 3.05) is 26.2 Å². The molecule has 6 heteroatoms. The van der Waals surface area contributed by atoms with Gasteiger partial charge in [0, 0.05) is 25.6 Å². The van der Waals surface area contributed by atoms with E-state index in [2.05, 4.69) is 17.1 Å². The maximum Gasteiger partial charge on any atom is 0.261 e. The molecule has 0 saturated carbocycles. The number of carbonyl (C=O) groups is 3. The molecule has 1 aromatic carbocycles. The van der Waals surface area contributed by atoms with Gasteiger partial charge in [-0.05, 0) is 44.5 Å². The van der Waals surface area contributed by atoms with Crippen LogP contribution < -0.4 is 5.32 Å². The van der Waals surface area contributed by atoms with E-state index in [0.717, 1.165) is 19.5 Å². The van der Waals surface area contributed by atoms with Crippen LogP contribution in [0, 0.1) is 0 Å². The molecule has 2 heterocycles. The van der Waals surface area contributed by atoms with Crippen molar-refractivity contribution < 1.29 is 14.4 Å². The van der Waals surface area contributed by atoms with Gasteiger partial charge in [0.1, 0.15) is 0 Å². The number of nitrogens with one attached hydrogen (secondary N) is 1. The zero-order valence-electron chi connectivity index (χ0n) is 14.7. The molecule has 3 amide bonds. The number of hydrogen-bond acceptors (Lipinski definition) is 4. The lowest BCUT2D eigenvalue weighted by atomic mass is 10.1. The van der Waals surface area contributed by atoms with Gasteiger partial charge in [0.05, 0.1) is 11.1 Å². The molecule has 1 fully saturated rings. The zero-order chi connectivity index (χ0) is 17.8. The van der Waals surface area contributed by atoms with E-state index in [1.807, 2.05) is 0 Å². The summed E-state index contributed by atoms with van der Waals surface area (Å²) in [6, 6.07) is 7.28. The minimum absolute atomic E-state index is 0.0143. The molecule has 2 aliphatic rings. The third-order valence-electron chi connectivity index (χ3n) is 5.10. The Kier molecular flexibility index (Phi) is 5.48. The predicted octanol–water partition coefficient (Wildman–Crippen LogP) is 1.66. The van der Waals surface area contributed by atoms with Gasteiger partial charge in [-0.3, -0.25) is 24.2 Å². The highest BCUT2D eigenvalue weighted by molar-refractivity contribution is 6.21. The molecule has 1 saturated heterocycles. The summed E-state index contributed by atoms with van der Waals surface area (Å²) in [4.78, 5) is 40.2. The molecule has 3 rings (SSSR count). The van der Waals surface area contributed by atoms with E-state index in [4.69, 9.17) is 0 Å². The van der Waals surface area contributed by atoms with Gasteiger partial charge < -0.3 is 5.32 Å². The quantitative estimate of drug-likeness (QED) is 0.765. The maximum absolute atomic E-state index is 12.3. The normalized spacial score (nSPS) is 20.2. The van der Waals surface area contributed by atoms with Gasteiger partial charge >= 0.3 is 0 Å². The van der Waals surface area contributed by atoms with Crippen LogP contribution >= 0.6 is 0 Å². The second-order valence-electron chi connectivity index (χ2n) is 6.64. The molecule has 0 bridgehead atoms. The number of hydrogen-bond donors (Lipinski definition) is 1. The minimum atomic E-state index is -0.259. The van der Waals surface area contributed by atoms with E-state index in [-0.39, 0.29) is 24.3 Å². The summed E-state index contributed by atoms with van der Waals surface area (Å²) < 4.78 is 0. The molecule has 1 N–H and O–H groups in total. The lowest BCUT2D eigenvalue weighted by molar-refractivity contribution is -0.121. The Labute approximate surface area is 148 Å². The number of rotatable bonds is 7. The number of nitrogens with zero attached hydrogens (tertiary/aromatic N) is 2. The van der Waals surface area contributed by atoms with E-state index in [1.165, 1.54) is 11.3 Å². The van der Waals surface area contributed by atoms with Crippen LogP contribution in [0.5, 0.6) is 0 Å². The molecule has 0 aromatic heterocycles. The summed E-state index contributed by atoms with van der Waals surface area (Å²) in [5.41, 5.74) is 0.913. The summed E-state index contributed by atoms with van der Waals surface area (Å²) in [6.45, 7) is 5.23. The zero-order valence-corrected chi connectivity index (χ0v) is 14.7. The average molecular weight is 343 g/mol. The molecule has 1 aromatic rings. The van der Waals surface area contributed by atoms with Gasteiger partial charge in [-0.15, -0.1) is 0 Å². The van der Waals surface area contributed by atoms with Crippen molar-refractivity contribution >= 4 is 17.7 Å². The molecular formula is C19H25N3O3. The number of imide groups is 1. The van der Waals surface area contributed by atoms with Crippen molar-refractivity contribution in [2.45, 2.75) is 38.6 Å². The van der Waals surface area contributed by atoms with Gasteiger partial charge in [-0.2, -0.15) is 0 Å². The highest BCUT2D eigenvalue weighted by atomic mass is 16.2. The molecular weight excluding hydrogens is 318 g/mol. The van der Waals surface area contributed by atoms with Crippen LogP contribution in [-0.2, 0) is 4.79 Å². The first-order valence-electron chi connectivity index (χ1n) is 9.07. The van der Waals surface area contributed by atoms with Gasteiger partial charge in [0.25, 0.3) is 11.8 Å². The molecule has 134 valence electrons. The number of likely N-dealkylation sites (N-methyl/N-ethyl adjacent to an activating group) is 1. The van der Waals surface area contributed by atoms with E-state index in [9.17, 15) is 14.4 Å². The summed E-state index contributed by atoms with van der Waals surface area (Å²) >= 11 is 0. The second-order valence-corrected chi connectivity index (χ2v) is 6.64. The molecule has 2 aliphatic heterocycles. The SMILES string of the molecule is CCN1CCC[C@H]1CNC(=O)CCCN1C(=O)c2ccccc2C1=O. The topological polar surface area (TPSA) is 69.7 Å². The smallest absolute Gasteiger partial charge is 0.261 e. The van der Waals surface area contributed by atoms with Crippen LogP contribution in [-0.4, -0.2) is 59.7 Å². The Morgan fingerprint density at radius 3 is 2.52 bits per heavy atom. The summed E-state index contributed by atoms with van der Waals surface area (Å²) in [6.07, 6.45) is 3.13. The first-order chi connectivity index (χ1) is 12.1. The van der Waals surface area contributed by atoms with Crippen molar-refractivity contribution in [3.8, 4) is 0 Å². The van der Waals surface area contributed by atoms with Crippen molar-refractivity contribution in [3.63, 3.8) is 0 Å². The van der Waals surface area contributed by atoms with Gasteiger partial charge in [-0.25, -0.2) is 0 Å². The van der Waals surface area contributed by atoms with E-state index < -0.39 is 0 Å². The average Bonchev–Trinajstić information content (AvgIpc) is 3.18. The predicted molar refractivity (Wildman–Crippen MR) is 94.3 cm³/mol. The first kappa shape index (κ1) is 17.6. The van der Waals surface area contributed by atoms with Crippen LogP contribution in [0.4, 0.5) is 0 Å². The lowest BCUT2D eigenvalue weighted by Gasteiger charge is -2.23. The maximum atomic E-state index is 12.3. The van der Waals surface area contributed by atoms with Crippen molar-refractivity contribution in [2.24, 2.45) is 0 Å². The second kappa shape index (κ2) is 7.78. The molecule has 1 atom stereocenters. The largest absolute Gasteiger partial charge is 0.355 e. The molecule has 0 aliphatic carbocycles. The molecule has 0 unspecified atom stereocenters. The van der Waals surface area contributed by atoms with Gasteiger partial charge in [-0.1, -0.05) is 19.1 Å². The van der Waals surface area contributed by atoms with Crippen LogP contribution in [0.3, 0.4) is 0 Å². The molecule has 25 heavy (non-hydrogen) atoms. The fraction of sp³-hybridized carbons (Fsp3) is 0.526. The summed E-state index contributed by atoms with van der Waals surface area (Å²) in [7, 11) is 0. The Hall–Kier alpha value is -2.21. The van der Waals surface area contributed by atoms with Gasteiger partial charge in [0.2, 0.25) is 5.91 Å². The minimum Gasteiger partial charge on any atom is -0.355 e.